The van der Waals surface area contributed by atoms with E-state index in [9.17, 15) is 21.6 Å². The second-order valence-electron chi connectivity index (χ2n) is 5.46. The van der Waals surface area contributed by atoms with Gasteiger partial charge in [-0.1, -0.05) is 12.1 Å². The molecule has 5 nitrogen and oxygen atoms in total. The van der Waals surface area contributed by atoms with Gasteiger partial charge in [-0.3, -0.25) is 0 Å². The molecule has 0 aliphatic carbocycles. The predicted molar refractivity (Wildman–Crippen MR) is 91.1 cm³/mol. The second-order valence-corrected chi connectivity index (χ2v) is 7.20. The molecule has 0 fully saturated rings. The van der Waals surface area contributed by atoms with E-state index in [-0.39, 0.29) is 18.2 Å². The quantitative estimate of drug-likeness (QED) is 0.691. The van der Waals surface area contributed by atoms with Gasteiger partial charge in [-0.2, -0.15) is 0 Å². The molecule has 3 rings (SSSR count). The van der Waals surface area contributed by atoms with Crippen molar-refractivity contribution in [1.82, 2.24) is 9.71 Å². The summed E-state index contributed by atoms with van der Waals surface area (Å²) in [5.74, 6) is -2.05. The number of rotatable bonds is 6. The summed E-state index contributed by atoms with van der Waals surface area (Å²) in [5.41, 5.74) is 0.479. The minimum absolute atomic E-state index is 0.160. The van der Waals surface area contributed by atoms with Crippen LogP contribution in [0, 0.1) is 17.5 Å². The van der Waals surface area contributed by atoms with Gasteiger partial charge in [0.1, 0.15) is 28.1 Å². The standard InChI is InChI=1S/C18H13F3N2O3S/c19-13-2-1-3-15(8-13)26-18-7-4-12(10-22-18)11-23-27(24,25)17-6-5-14(20)9-16(17)21/h1-10,23H,11H2. The molecular weight excluding hydrogens is 381 g/mol. The van der Waals surface area contributed by atoms with Gasteiger partial charge in [0.2, 0.25) is 15.9 Å². The summed E-state index contributed by atoms with van der Waals surface area (Å²) in [5, 5.41) is 0. The number of ether oxygens (including phenoxy) is 1. The highest BCUT2D eigenvalue weighted by molar-refractivity contribution is 7.89. The molecule has 2 aromatic carbocycles. The Balaban J connectivity index is 1.66. The zero-order chi connectivity index (χ0) is 19.4. The first-order valence-electron chi connectivity index (χ1n) is 7.66. The Labute approximate surface area is 153 Å². The normalized spacial score (nSPS) is 11.4. The highest BCUT2D eigenvalue weighted by Gasteiger charge is 2.19. The van der Waals surface area contributed by atoms with Crippen LogP contribution in [0.15, 0.2) is 65.7 Å². The van der Waals surface area contributed by atoms with Gasteiger partial charge in [-0.15, -0.1) is 0 Å². The van der Waals surface area contributed by atoms with E-state index in [1.54, 1.807) is 12.1 Å². The van der Waals surface area contributed by atoms with Crippen molar-refractivity contribution < 1.29 is 26.3 Å². The number of benzene rings is 2. The zero-order valence-corrected chi connectivity index (χ0v) is 14.5. The molecule has 1 heterocycles. The summed E-state index contributed by atoms with van der Waals surface area (Å²) in [6.45, 7) is -0.160. The minimum Gasteiger partial charge on any atom is -0.439 e. The van der Waals surface area contributed by atoms with E-state index in [4.69, 9.17) is 4.74 Å². The summed E-state index contributed by atoms with van der Waals surface area (Å²) < 4.78 is 71.5. The highest BCUT2D eigenvalue weighted by atomic mass is 32.2. The number of halogens is 3. The van der Waals surface area contributed by atoms with E-state index in [0.29, 0.717) is 11.6 Å². The van der Waals surface area contributed by atoms with Crippen LogP contribution in [-0.2, 0) is 16.6 Å². The minimum atomic E-state index is -4.16. The maximum Gasteiger partial charge on any atom is 0.243 e. The number of hydrogen-bond acceptors (Lipinski definition) is 4. The van der Waals surface area contributed by atoms with Crippen LogP contribution in [0.25, 0.3) is 0 Å². The molecule has 0 radical (unpaired) electrons. The van der Waals surface area contributed by atoms with Crippen LogP contribution in [-0.4, -0.2) is 13.4 Å². The SMILES string of the molecule is O=S(=O)(NCc1ccc(Oc2cccc(F)c2)nc1)c1ccc(F)cc1F. The smallest absolute Gasteiger partial charge is 0.243 e. The molecule has 0 spiro atoms. The third-order valence-corrected chi connectivity index (χ3v) is 4.90. The Morgan fingerprint density at radius 2 is 1.74 bits per heavy atom. The monoisotopic (exact) mass is 394 g/mol. The number of pyridine rings is 1. The Hall–Kier alpha value is -2.91. The summed E-state index contributed by atoms with van der Waals surface area (Å²) in [4.78, 5) is 3.35. The first kappa shape index (κ1) is 18.9. The maximum absolute atomic E-state index is 13.6. The van der Waals surface area contributed by atoms with Gasteiger partial charge < -0.3 is 4.74 Å². The molecule has 0 saturated heterocycles. The first-order valence-corrected chi connectivity index (χ1v) is 9.15. The molecule has 0 amide bonds. The van der Waals surface area contributed by atoms with Crippen LogP contribution >= 0.6 is 0 Å². The first-order chi connectivity index (χ1) is 12.8. The van der Waals surface area contributed by atoms with Gasteiger partial charge in [0.25, 0.3) is 0 Å². The Kier molecular flexibility index (Phi) is 5.43. The third-order valence-electron chi connectivity index (χ3n) is 3.47. The Morgan fingerprint density at radius 3 is 2.41 bits per heavy atom. The summed E-state index contributed by atoms with van der Waals surface area (Å²) in [7, 11) is -4.16. The Morgan fingerprint density at radius 1 is 0.963 bits per heavy atom. The van der Waals surface area contributed by atoms with E-state index in [1.807, 2.05) is 0 Å². The van der Waals surface area contributed by atoms with Crippen LogP contribution < -0.4 is 9.46 Å². The summed E-state index contributed by atoms with van der Waals surface area (Å²) in [6, 6.07) is 10.7. The van der Waals surface area contributed by atoms with Gasteiger partial charge in [-0.05, 0) is 29.8 Å². The van der Waals surface area contributed by atoms with Crippen LogP contribution in [0.4, 0.5) is 13.2 Å². The fourth-order valence-electron chi connectivity index (χ4n) is 2.18. The average Bonchev–Trinajstić information content (AvgIpc) is 2.61. The van der Waals surface area contributed by atoms with E-state index >= 15 is 0 Å². The Bertz CT molecular complexity index is 1060. The number of nitrogens with one attached hydrogen (secondary N) is 1. The molecule has 0 unspecified atom stereocenters. The van der Waals surface area contributed by atoms with Crippen molar-refractivity contribution in [2.75, 3.05) is 0 Å². The molecule has 9 heteroatoms. The van der Waals surface area contributed by atoms with Crippen LogP contribution in [0.5, 0.6) is 11.6 Å². The summed E-state index contributed by atoms with van der Waals surface area (Å²) in [6.07, 6.45) is 1.36. The molecule has 1 N–H and O–H groups in total. The third kappa shape index (κ3) is 4.83. The number of sulfonamides is 1. The highest BCUT2D eigenvalue weighted by Crippen LogP contribution is 2.20. The van der Waals surface area contributed by atoms with Crippen molar-refractivity contribution in [3.05, 3.63) is 83.8 Å². The lowest BCUT2D eigenvalue weighted by Crippen LogP contribution is -2.24. The lowest BCUT2D eigenvalue weighted by atomic mass is 10.3. The van der Waals surface area contributed by atoms with E-state index in [0.717, 1.165) is 12.1 Å². The molecule has 1 aromatic heterocycles. The fraction of sp³-hybridized carbons (Fsp3) is 0.0556. The molecule has 140 valence electrons. The van der Waals surface area contributed by atoms with Gasteiger partial charge in [-0.25, -0.2) is 31.3 Å². The number of aromatic nitrogens is 1. The van der Waals surface area contributed by atoms with Crippen molar-refractivity contribution in [2.24, 2.45) is 0 Å². The van der Waals surface area contributed by atoms with E-state index in [1.165, 1.54) is 30.5 Å². The predicted octanol–water partition coefficient (Wildman–Crippen LogP) is 3.77. The van der Waals surface area contributed by atoms with Crippen molar-refractivity contribution in [3.8, 4) is 11.6 Å². The lowest BCUT2D eigenvalue weighted by Gasteiger charge is -2.09. The van der Waals surface area contributed by atoms with Crippen molar-refractivity contribution in [2.45, 2.75) is 11.4 Å². The number of hydrogen-bond donors (Lipinski definition) is 1. The van der Waals surface area contributed by atoms with Crippen molar-refractivity contribution in [1.29, 1.82) is 0 Å². The topological polar surface area (TPSA) is 68.3 Å². The molecule has 27 heavy (non-hydrogen) atoms. The fourth-order valence-corrected chi connectivity index (χ4v) is 3.25. The van der Waals surface area contributed by atoms with Crippen LogP contribution in [0.2, 0.25) is 0 Å². The van der Waals surface area contributed by atoms with Crippen molar-refractivity contribution in [3.63, 3.8) is 0 Å². The van der Waals surface area contributed by atoms with Crippen molar-refractivity contribution >= 4 is 10.0 Å². The number of nitrogens with zero attached hydrogens (tertiary/aromatic N) is 1. The van der Waals surface area contributed by atoms with Gasteiger partial charge in [0.05, 0.1) is 0 Å². The molecule has 0 aliphatic heterocycles. The summed E-state index contributed by atoms with van der Waals surface area (Å²) >= 11 is 0. The average molecular weight is 394 g/mol. The van der Waals surface area contributed by atoms with Crippen LogP contribution in [0.1, 0.15) is 5.56 Å². The lowest BCUT2D eigenvalue weighted by molar-refractivity contribution is 0.457. The zero-order valence-electron chi connectivity index (χ0n) is 13.7. The maximum atomic E-state index is 13.6. The van der Waals surface area contributed by atoms with E-state index in [2.05, 4.69) is 9.71 Å². The largest absolute Gasteiger partial charge is 0.439 e. The second kappa shape index (κ2) is 7.77. The molecule has 3 aromatic rings. The molecule has 0 atom stereocenters. The molecule has 0 aliphatic rings. The van der Waals surface area contributed by atoms with Gasteiger partial charge in [0.15, 0.2) is 0 Å². The molecule has 0 bridgehead atoms. The van der Waals surface area contributed by atoms with E-state index < -0.39 is 32.4 Å². The van der Waals surface area contributed by atoms with Gasteiger partial charge >= 0.3 is 0 Å². The molecule has 0 saturated carbocycles. The van der Waals surface area contributed by atoms with Crippen LogP contribution in [0.3, 0.4) is 0 Å². The molecular formula is C18H13F3N2O3S. The van der Waals surface area contributed by atoms with Gasteiger partial charge in [0, 0.05) is 30.9 Å².